The molecule has 3 aromatic rings. The van der Waals surface area contributed by atoms with Crippen LogP contribution in [0.15, 0.2) is 40.2 Å². The summed E-state index contributed by atoms with van der Waals surface area (Å²) in [5.74, 6) is 0.375. The lowest BCUT2D eigenvalue weighted by Gasteiger charge is -2.10. The topological polar surface area (TPSA) is 114 Å². The fourth-order valence-electron chi connectivity index (χ4n) is 2.16. The zero-order chi connectivity index (χ0) is 18.7. The van der Waals surface area contributed by atoms with Crippen molar-refractivity contribution in [3.8, 4) is 10.7 Å². The van der Waals surface area contributed by atoms with E-state index >= 15 is 0 Å². The van der Waals surface area contributed by atoms with Gasteiger partial charge >= 0.3 is 0 Å². The highest BCUT2D eigenvalue weighted by Crippen LogP contribution is 2.21. The third-order valence-electron chi connectivity index (χ3n) is 3.40. The number of carbonyl (C=O) groups is 1. The third kappa shape index (κ3) is 4.46. The minimum absolute atomic E-state index is 0.0694. The standard InChI is InChI=1S/C16H16N4O4S2/c1-10-5-6-11(8-12(10)20-26(2,22)23)16(21)17-9-14-18-15(19-24-14)13-4-3-7-25-13/h3-8,20H,9H2,1-2H3,(H,17,21). The molecule has 0 radical (unpaired) electrons. The molecule has 1 aromatic carbocycles. The van der Waals surface area contributed by atoms with Gasteiger partial charge in [0.1, 0.15) is 0 Å². The van der Waals surface area contributed by atoms with Gasteiger partial charge in [0.15, 0.2) is 0 Å². The molecule has 0 aliphatic rings. The lowest BCUT2D eigenvalue weighted by atomic mass is 10.1. The number of aromatic nitrogens is 2. The fourth-order valence-corrected chi connectivity index (χ4v) is 3.43. The van der Waals surface area contributed by atoms with Gasteiger partial charge in [-0.2, -0.15) is 4.98 Å². The Hall–Kier alpha value is -2.72. The second kappa shape index (κ2) is 7.26. The third-order valence-corrected chi connectivity index (χ3v) is 4.86. The van der Waals surface area contributed by atoms with Crippen molar-refractivity contribution >= 4 is 33.0 Å². The number of amides is 1. The summed E-state index contributed by atoms with van der Waals surface area (Å²) < 4.78 is 30.3. The van der Waals surface area contributed by atoms with Crippen molar-refractivity contribution in [3.63, 3.8) is 0 Å². The van der Waals surface area contributed by atoms with E-state index in [-0.39, 0.29) is 18.3 Å². The molecule has 0 atom stereocenters. The molecule has 10 heteroatoms. The van der Waals surface area contributed by atoms with Gasteiger partial charge < -0.3 is 9.84 Å². The molecule has 2 aromatic heterocycles. The molecule has 0 saturated carbocycles. The van der Waals surface area contributed by atoms with Crippen LogP contribution in [0.25, 0.3) is 10.7 Å². The summed E-state index contributed by atoms with van der Waals surface area (Å²) in [5, 5.41) is 8.46. The van der Waals surface area contributed by atoms with Gasteiger partial charge in [-0.3, -0.25) is 9.52 Å². The van der Waals surface area contributed by atoms with Crippen molar-refractivity contribution < 1.29 is 17.7 Å². The first-order chi connectivity index (χ1) is 12.3. The highest BCUT2D eigenvalue weighted by molar-refractivity contribution is 7.92. The van der Waals surface area contributed by atoms with Gasteiger partial charge in [-0.15, -0.1) is 11.3 Å². The second-order valence-corrected chi connectivity index (χ2v) is 8.27. The smallest absolute Gasteiger partial charge is 0.251 e. The maximum atomic E-state index is 12.3. The number of anilines is 1. The summed E-state index contributed by atoms with van der Waals surface area (Å²) >= 11 is 1.49. The van der Waals surface area contributed by atoms with Crippen LogP contribution in [-0.2, 0) is 16.6 Å². The van der Waals surface area contributed by atoms with E-state index in [1.54, 1.807) is 19.1 Å². The Bertz CT molecular complexity index is 1030. The number of sulfonamides is 1. The zero-order valence-corrected chi connectivity index (χ0v) is 15.6. The number of nitrogens with one attached hydrogen (secondary N) is 2. The van der Waals surface area contributed by atoms with Crippen LogP contribution in [0.5, 0.6) is 0 Å². The minimum Gasteiger partial charge on any atom is -0.343 e. The number of aryl methyl sites for hydroxylation is 1. The molecule has 0 spiro atoms. The van der Waals surface area contributed by atoms with E-state index in [4.69, 9.17) is 4.52 Å². The first-order valence-corrected chi connectivity index (χ1v) is 10.3. The second-order valence-electron chi connectivity index (χ2n) is 5.58. The molecule has 26 heavy (non-hydrogen) atoms. The average Bonchev–Trinajstić information content (AvgIpc) is 3.24. The summed E-state index contributed by atoms with van der Waals surface area (Å²) in [6, 6.07) is 8.53. The number of hydrogen-bond acceptors (Lipinski definition) is 7. The van der Waals surface area contributed by atoms with Crippen LogP contribution in [0, 0.1) is 6.92 Å². The lowest BCUT2D eigenvalue weighted by Crippen LogP contribution is -2.23. The molecule has 0 unspecified atom stereocenters. The molecule has 0 fully saturated rings. The molecule has 2 heterocycles. The van der Waals surface area contributed by atoms with Gasteiger partial charge in [0.2, 0.25) is 21.7 Å². The molecular formula is C16H16N4O4S2. The van der Waals surface area contributed by atoms with Crippen LogP contribution in [0.2, 0.25) is 0 Å². The molecule has 2 N–H and O–H groups in total. The minimum atomic E-state index is -3.43. The predicted molar refractivity (Wildman–Crippen MR) is 98.4 cm³/mol. The average molecular weight is 392 g/mol. The Morgan fingerprint density at radius 2 is 2.12 bits per heavy atom. The van der Waals surface area contributed by atoms with Crippen molar-refractivity contribution in [2.75, 3.05) is 11.0 Å². The summed E-state index contributed by atoms with van der Waals surface area (Å²) in [4.78, 5) is 17.4. The maximum absolute atomic E-state index is 12.3. The summed E-state index contributed by atoms with van der Waals surface area (Å²) in [7, 11) is -3.43. The summed E-state index contributed by atoms with van der Waals surface area (Å²) in [6.07, 6.45) is 1.06. The van der Waals surface area contributed by atoms with Crippen molar-refractivity contribution in [2.45, 2.75) is 13.5 Å². The summed E-state index contributed by atoms with van der Waals surface area (Å²) in [6.45, 7) is 1.82. The summed E-state index contributed by atoms with van der Waals surface area (Å²) in [5.41, 5.74) is 1.39. The molecule has 136 valence electrons. The highest BCUT2D eigenvalue weighted by atomic mass is 32.2. The van der Waals surface area contributed by atoms with Gasteiger partial charge in [0.05, 0.1) is 23.4 Å². The molecule has 0 aliphatic heterocycles. The van der Waals surface area contributed by atoms with E-state index in [0.29, 0.717) is 22.6 Å². The van der Waals surface area contributed by atoms with Gasteiger partial charge in [-0.05, 0) is 36.1 Å². The number of carbonyl (C=O) groups excluding carboxylic acids is 1. The molecule has 3 rings (SSSR count). The van der Waals surface area contributed by atoms with Gasteiger partial charge in [-0.1, -0.05) is 17.3 Å². The van der Waals surface area contributed by atoms with E-state index in [9.17, 15) is 13.2 Å². The first-order valence-electron chi connectivity index (χ1n) is 7.55. The van der Waals surface area contributed by atoms with E-state index in [0.717, 1.165) is 11.1 Å². The molecule has 0 saturated heterocycles. The number of rotatable bonds is 6. The maximum Gasteiger partial charge on any atom is 0.251 e. The number of nitrogens with zero attached hydrogens (tertiary/aromatic N) is 2. The predicted octanol–water partition coefficient (Wildman–Crippen LogP) is 2.41. The van der Waals surface area contributed by atoms with Crippen molar-refractivity contribution in [1.29, 1.82) is 0 Å². The van der Waals surface area contributed by atoms with Crippen LogP contribution in [-0.4, -0.2) is 30.7 Å². The van der Waals surface area contributed by atoms with Crippen LogP contribution in [0.1, 0.15) is 21.8 Å². The van der Waals surface area contributed by atoms with Gasteiger partial charge in [-0.25, -0.2) is 8.42 Å². The largest absolute Gasteiger partial charge is 0.343 e. The Balaban J connectivity index is 1.68. The van der Waals surface area contributed by atoms with Crippen molar-refractivity contribution in [3.05, 3.63) is 52.7 Å². The Morgan fingerprint density at radius 3 is 2.81 bits per heavy atom. The monoisotopic (exact) mass is 392 g/mol. The Kier molecular flexibility index (Phi) is 5.05. The van der Waals surface area contributed by atoms with Crippen LogP contribution >= 0.6 is 11.3 Å². The van der Waals surface area contributed by atoms with E-state index in [1.165, 1.54) is 17.4 Å². The van der Waals surface area contributed by atoms with E-state index < -0.39 is 10.0 Å². The number of hydrogen-bond donors (Lipinski definition) is 2. The van der Waals surface area contributed by atoms with E-state index in [1.807, 2.05) is 17.5 Å². The van der Waals surface area contributed by atoms with Crippen LogP contribution in [0.3, 0.4) is 0 Å². The van der Waals surface area contributed by atoms with Crippen molar-refractivity contribution in [1.82, 2.24) is 15.5 Å². The van der Waals surface area contributed by atoms with Crippen molar-refractivity contribution in [2.24, 2.45) is 0 Å². The zero-order valence-electron chi connectivity index (χ0n) is 14.0. The van der Waals surface area contributed by atoms with Crippen LogP contribution < -0.4 is 10.0 Å². The van der Waals surface area contributed by atoms with Gasteiger partial charge in [0, 0.05) is 5.56 Å². The molecular weight excluding hydrogens is 376 g/mol. The number of benzene rings is 1. The van der Waals surface area contributed by atoms with E-state index in [2.05, 4.69) is 20.2 Å². The first kappa shape index (κ1) is 18.1. The quantitative estimate of drug-likeness (QED) is 0.666. The Labute approximate surface area is 154 Å². The SMILES string of the molecule is Cc1ccc(C(=O)NCc2nc(-c3cccs3)no2)cc1NS(C)(=O)=O. The lowest BCUT2D eigenvalue weighted by molar-refractivity contribution is 0.0946. The van der Waals surface area contributed by atoms with Gasteiger partial charge in [0.25, 0.3) is 5.91 Å². The molecule has 8 nitrogen and oxygen atoms in total. The molecule has 1 amide bonds. The van der Waals surface area contributed by atoms with Crippen LogP contribution in [0.4, 0.5) is 5.69 Å². The normalized spacial score (nSPS) is 11.3. The Morgan fingerprint density at radius 1 is 1.31 bits per heavy atom. The highest BCUT2D eigenvalue weighted by Gasteiger charge is 2.13. The molecule has 0 bridgehead atoms. The number of thiophene rings is 1. The molecule has 0 aliphatic carbocycles. The fraction of sp³-hybridized carbons (Fsp3) is 0.188.